The Morgan fingerprint density at radius 2 is 2.00 bits per heavy atom. The average Bonchev–Trinajstić information content (AvgIpc) is 2.63. The quantitative estimate of drug-likeness (QED) is 0.836. The van der Waals surface area contributed by atoms with Gasteiger partial charge < -0.3 is 5.11 Å². The molecule has 2 unspecified atom stereocenters. The number of aryl methyl sites for hydroxylation is 1. The smallest absolute Gasteiger partial charge is 0.307 e. The van der Waals surface area contributed by atoms with Crippen molar-refractivity contribution in [3.8, 4) is 0 Å². The van der Waals surface area contributed by atoms with Crippen molar-refractivity contribution in [3.05, 3.63) is 70.2 Å². The summed E-state index contributed by atoms with van der Waals surface area (Å²) in [5.74, 6) is -0.999. The zero-order valence-corrected chi connectivity index (χ0v) is 15.2. The van der Waals surface area contributed by atoms with Gasteiger partial charge in [-0.3, -0.25) is 9.69 Å². The molecule has 3 nitrogen and oxygen atoms in total. The van der Waals surface area contributed by atoms with Crippen LogP contribution in [0.15, 0.2) is 48.5 Å². The monoisotopic (exact) mass is 357 g/mol. The standard InChI is InChI=1S/C21H24ClNO2/c1-2-15-8-10-16(11-9-15)20(17-5-3-7-19(22)13-17)23-12-4-6-18(14-23)21(24)25/h3,5,7-11,13,18,20H,2,4,6,12,14H2,1H3,(H,24,25). The first-order valence-corrected chi connectivity index (χ1v) is 9.27. The first-order valence-electron chi connectivity index (χ1n) is 8.89. The molecule has 1 heterocycles. The molecule has 0 amide bonds. The molecule has 25 heavy (non-hydrogen) atoms. The van der Waals surface area contributed by atoms with E-state index >= 15 is 0 Å². The summed E-state index contributed by atoms with van der Waals surface area (Å²) in [6, 6.07) is 16.6. The van der Waals surface area contributed by atoms with E-state index in [1.54, 1.807) is 0 Å². The van der Waals surface area contributed by atoms with Gasteiger partial charge in [0.25, 0.3) is 0 Å². The summed E-state index contributed by atoms with van der Waals surface area (Å²) in [5, 5.41) is 10.2. The maximum absolute atomic E-state index is 11.5. The molecule has 2 atom stereocenters. The van der Waals surface area contributed by atoms with Gasteiger partial charge >= 0.3 is 5.97 Å². The van der Waals surface area contributed by atoms with Crippen molar-refractivity contribution in [1.82, 2.24) is 4.90 Å². The van der Waals surface area contributed by atoms with Gasteiger partial charge in [0.1, 0.15) is 0 Å². The molecule has 1 N–H and O–H groups in total. The van der Waals surface area contributed by atoms with Crippen molar-refractivity contribution in [2.45, 2.75) is 32.2 Å². The lowest BCUT2D eigenvalue weighted by atomic mass is 9.91. The summed E-state index contributed by atoms with van der Waals surface area (Å²) in [6.45, 7) is 3.62. The van der Waals surface area contributed by atoms with Gasteiger partial charge in [-0.1, -0.05) is 54.9 Å². The van der Waals surface area contributed by atoms with Crippen LogP contribution in [0.25, 0.3) is 0 Å². The Bertz CT molecular complexity index is 729. The molecule has 2 aromatic rings. The molecule has 0 aliphatic carbocycles. The zero-order valence-electron chi connectivity index (χ0n) is 14.5. The second kappa shape index (κ2) is 8.03. The highest BCUT2D eigenvalue weighted by Gasteiger charge is 2.31. The Hall–Kier alpha value is -1.84. The van der Waals surface area contributed by atoms with Crippen LogP contribution in [0.5, 0.6) is 0 Å². The molecule has 0 aromatic heterocycles. The van der Waals surface area contributed by atoms with Crippen LogP contribution >= 0.6 is 11.6 Å². The number of aliphatic carboxylic acids is 1. The van der Waals surface area contributed by atoms with Crippen LogP contribution in [0.4, 0.5) is 0 Å². The number of carboxylic acid groups (broad SMARTS) is 1. The van der Waals surface area contributed by atoms with Crippen LogP contribution in [0.3, 0.4) is 0 Å². The second-order valence-electron chi connectivity index (χ2n) is 6.73. The number of piperidine rings is 1. The predicted octanol–water partition coefficient (Wildman–Crippen LogP) is 4.79. The van der Waals surface area contributed by atoms with Crippen LogP contribution in [0.1, 0.15) is 42.5 Å². The zero-order chi connectivity index (χ0) is 17.8. The lowest BCUT2D eigenvalue weighted by Crippen LogP contribution is -2.41. The minimum absolute atomic E-state index is 0.0340. The number of nitrogens with zero attached hydrogens (tertiary/aromatic N) is 1. The molecule has 2 aromatic carbocycles. The summed E-state index contributed by atoms with van der Waals surface area (Å²) >= 11 is 6.23. The molecule has 1 aliphatic rings. The van der Waals surface area contributed by atoms with E-state index in [1.807, 2.05) is 18.2 Å². The number of rotatable bonds is 5. The van der Waals surface area contributed by atoms with Gasteiger partial charge in [-0.05, 0) is 54.6 Å². The van der Waals surface area contributed by atoms with Gasteiger partial charge in [0.15, 0.2) is 0 Å². The van der Waals surface area contributed by atoms with E-state index in [9.17, 15) is 9.90 Å². The van der Waals surface area contributed by atoms with Crippen LogP contribution < -0.4 is 0 Å². The topological polar surface area (TPSA) is 40.5 Å². The van der Waals surface area contributed by atoms with E-state index in [2.05, 4.69) is 42.2 Å². The number of hydrogen-bond donors (Lipinski definition) is 1. The van der Waals surface area contributed by atoms with Crippen LogP contribution in [-0.2, 0) is 11.2 Å². The number of hydrogen-bond acceptors (Lipinski definition) is 2. The molecule has 3 rings (SSSR count). The number of likely N-dealkylation sites (tertiary alicyclic amines) is 1. The van der Waals surface area contributed by atoms with Crippen molar-refractivity contribution >= 4 is 17.6 Å². The van der Waals surface area contributed by atoms with Gasteiger partial charge in [-0.2, -0.15) is 0 Å². The molecule has 1 fully saturated rings. The third-order valence-corrected chi connectivity index (χ3v) is 5.27. The fourth-order valence-corrected chi connectivity index (χ4v) is 3.87. The number of benzene rings is 2. The van der Waals surface area contributed by atoms with E-state index in [1.165, 1.54) is 11.1 Å². The number of halogens is 1. The SMILES string of the molecule is CCc1ccc(C(c2cccc(Cl)c2)N2CCCC(C(=O)O)C2)cc1. The van der Waals surface area contributed by atoms with E-state index < -0.39 is 5.97 Å². The summed E-state index contributed by atoms with van der Waals surface area (Å²) in [6.07, 6.45) is 2.66. The Morgan fingerprint density at radius 3 is 2.64 bits per heavy atom. The highest BCUT2D eigenvalue weighted by Crippen LogP contribution is 2.33. The van der Waals surface area contributed by atoms with E-state index in [4.69, 9.17) is 11.6 Å². The number of carboxylic acids is 1. The van der Waals surface area contributed by atoms with Gasteiger partial charge in [-0.15, -0.1) is 0 Å². The third kappa shape index (κ3) is 4.23. The van der Waals surface area contributed by atoms with Crippen molar-refractivity contribution in [3.63, 3.8) is 0 Å². The Balaban J connectivity index is 1.97. The average molecular weight is 358 g/mol. The molecule has 0 saturated carbocycles. The van der Waals surface area contributed by atoms with Crippen molar-refractivity contribution < 1.29 is 9.90 Å². The highest BCUT2D eigenvalue weighted by molar-refractivity contribution is 6.30. The minimum atomic E-state index is -0.698. The maximum Gasteiger partial charge on any atom is 0.307 e. The maximum atomic E-state index is 11.5. The molecule has 0 radical (unpaired) electrons. The summed E-state index contributed by atoms with van der Waals surface area (Å²) in [5.41, 5.74) is 3.60. The van der Waals surface area contributed by atoms with E-state index in [-0.39, 0.29) is 12.0 Å². The molecular weight excluding hydrogens is 334 g/mol. The van der Waals surface area contributed by atoms with Gasteiger partial charge in [0.2, 0.25) is 0 Å². The third-order valence-electron chi connectivity index (χ3n) is 5.04. The second-order valence-corrected chi connectivity index (χ2v) is 7.16. The first kappa shape index (κ1) is 18.0. The summed E-state index contributed by atoms with van der Waals surface area (Å²) in [4.78, 5) is 13.8. The van der Waals surface area contributed by atoms with E-state index in [0.29, 0.717) is 11.6 Å². The molecule has 1 saturated heterocycles. The molecule has 4 heteroatoms. The summed E-state index contributed by atoms with van der Waals surface area (Å²) in [7, 11) is 0. The Morgan fingerprint density at radius 1 is 1.24 bits per heavy atom. The van der Waals surface area contributed by atoms with Gasteiger partial charge in [0, 0.05) is 11.6 Å². The van der Waals surface area contributed by atoms with Crippen molar-refractivity contribution in [2.24, 2.45) is 5.92 Å². The number of carbonyl (C=O) groups is 1. The van der Waals surface area contributed by atoms with Crippen LogP contribution in [-0.4, -0.2) is 29.1 Å². The normalized spacial score (nSPS) is 19.5. The van der Waals surface area contributed by atoms with Gasteiger partial charge in [-0.25, -0.2) is 0 Å². The first-order chi connectivity index (χ1) is 12.1. The lowest BCUT2D eigenvalue weighted by molar-refractivity contribution is -0.143. The Kier molecular flexibility index (Phi) is 5.77. The van der Waals surface area contributed by atoms with Gasteiger partial charge in [0.05, 0.1) is 12.0 Å². The predicted molar refractivity (Wildman–Crippen MR) is 101 cm³/mol. The van der Waals surface area contributed by atoms with Crippen LogP contribution in [0.2, 0.25) is 5.02 Å². The van der Waals surface area contributed by atoms with E-state index in [0.717, 1.165) is 31.4 Å². The highest BCUT2D eigenvalue weighted by atomic mass is 35.5. The summed E-state index contributed by atoms with van der Waals surface area (Å²) < 4.78 is 0. The molecule has 132 valence electrons. The van der Waals surface area contributed by atoms with Crippen LogP contribution in [0, 0.1) is 5.92 Å². The minimum Gasteiger partial charge on any atom is -0.481 e. The molecular formula is C21H24ClNO2. The molecule has 0 spiro atoms. The fourth-order valence-electron chi connectivity index (χ4n) is 3.67. The molecule has 0 bridgehead atoms. The largest absolute Gasteiger partial charge is 0.481 e. The Labute approximate surface area is 154 Å². The lowest BCUT2D eigenvalue weighted by Gasteiger charge is -2.37. The van der Waals surface area contributed by atoms with Crippen molar-refractivity contribution in [2.75, 3.05) is 13.1 Å². The molecule has 1 aliphatic heterocycles. The van der Waals surface area contributed by atoms with Crippen molar-refractivity contribution in [1.29, 1.82) is 0 Å². The fraction of sp³-hybridized carbons (Fsp3) is 0.381.